The van der Waals surface area contributed by atoms with E-state index in [2.05, 4.69) is 69.9 Å². The molecule has 3 aromatic carbocycles. The summed E-state index contributed by atoms with van der Waals surface area (Å²) in [5.74, 6) is 0.0883. The molecule has 344 valence electrons. The van der Waals surface area contributed by atoms with Gasteiger partial charge in [-0.25, -0.2) is 13.1 Å². The summed E-state index contributed by atoms with van der Waals surface area (Å²) in [5, 5.41) is 25.7. The number of H-pyrrole nitrogens is 1. The number of anilines is 4. The third-order valence-corrected chi connectivity index (χ3v) is 15.5. The minimum Gasteiger partial charge on any atom is -0.474 e. The number of amides is 1. The molecule has 9 rings (SSSR count). The number of aliphatic hydroxyl groups is 1. The highest BCUT2D eigenvalue weighted by Crippen LogP contribution is 2.55. The van der Waals surface area contributed by atoms with Crippen molar-refractivity contribution in [1.82, 2.24) is 19.6 Å². The van der Waals surface area contributed by atoms with E-state index in [-0.39, 0.29) is 35.8 Å². The van der Waals surface area contributed by atoms with Crippen molar-refractivity contribution in [2.75, 3.05) is 61.1 Å². The van der Waals surface area contributed by atoms with Crippen LogP contribution in [0.1, 0.15) is 106 Å². The Labute approximate surface area is 380 Å². The molecule has 15 nitrogen and oxygen atoms in total. The first-order chi connectivity index (χ1) is 31.4. The number of nitrogens with one attached hydrogen (secondary N) is 3. The highest BCUT2D eigenvalue weighted by atomic mass is 32.2. The highest BCUT2D eigenvalue weighted by molar-refractivity contribution is 7.90. The number of sulfonamides is 1. The van der Waals surface area contributed by atoms with Crippen molar-refractivity contribution in [2.24, 2.45) is 11.3 Å². The number of likely N-dealkylation sites (tertiary alicyclic amines) is 1. The van der Waals surface area contributed by atoms with Crippen molar-refractivity contribution in [3.8, 4) is 5.88 Å². The summed E-state index contributed by atoms with van der Waals surface area (Å²) < 4.78 is 36.1. The van der Waals surface area contributed by atoms with Gasteiger partial charge >= 0.3 is 0 Å². The number of pyridine rings is 1. The molecule has 16 heteroatoms. The summed E-state index contributed by atoms with van der Waals surface area (Å²) in [7, 11) is -4.57. The first-order valence-electron chi connectivity index (χ1n) is 23.2. The lowest BCUT2D eigenvalue weighted by Crippen LogP contribution is -2.66. The zero-order valence-electron chi connectivity index (χ0n) is 37.5. The fraction of sp³-hybridized carbons (Fsp3) is 0.469. The Bertz CT molecular complexity index is 2670. The molecule has 5 heterocycles. The Balaban J connectivity index is 0.953. The molecule has 4 aliphatic rings. The van der Waals surface area contributed by atoms with E-state index in [0.29, 0.717) is 60.4 Å². The van der Waals surface area contributed by atoms with E-state index in [4.69, 9.17) is 9.72 Å². The average molecular weight is 905 g/mol. The first-order valence-corrected chi connectivity index (χ1v) is 24.7. The maximum Gasteiger partial charge on any atom is 0.293 e. The van der Waals surface area contributed by atoms with E-state index in [9.17, 15) is 28.4 Å². The van der Waals surface area contributed by atoms with Gasteiger partial charge in [0, 0.05) is 67.1 Å². The van der Waals surface area contributed by atoms with Crippen LogP contribution in [0, 0.1) is 21.4 Å². The molecule has 2 aromatic heterocycles. The Hall–Kier alpha value is -5.71. The second-order valence-electron chi connectivity index (χ2n) is 18.8. The van der Waals surface area contributed by atoms with E-state index in [0.717, 1.165) is 68.9 Å². The van der Waals surface area contributed by atoms with Gasteiger partial charge in [-0.2, -0.15) is 4.98 Å². The molecule has 0 radical (unpaired) electrons. The fourth-order valence-corrected chi connectivity index (χ4v) is 11.7. The van der Waals surface area contributed by atoms with Gasteiger partial charge in [-0.15, -0.1) is 0 Å². The zero-order chi connectivity index (χ0) is 45.5. The van der Waals surface area contributed by atoms with E-state index >= 15 is 0 Å². The molecule has 1 spiro atoms. The lowest BCUT2D eigenvalue weighted by Gasteiger charge is -2.62. The van der Waals surface area contributed by atoms with Gasteiger partial charge in [-0.3, -0.25) is 19.8 Å². The lowest BCUT2D eigenvalue weighted by molar-refractivity contribution is -0.384. The van der Waals surface area contributed by atoms with Crippen LogP contribution in [0.15, 0.2) is 83.9 Å². The molecule has 3 fully saturated rings. The van der Waals surface area contributed by atoms with E-state index in [1.54, 1.807) is 12.3 Å². The smallest absolute Gasteiger partial charge is 0.293 e. The van der Waals surface area contributed by atoms with Crippen LogP contribution < -0.4 is 24.6 Å². The van der Waals surface area contributed by atoms with Crippen molar-refractivity contribution >= 4 is 55.4 Å². The van der Waals surface area contributed by atoms with Crippen molar-refractivity contribution in [3.63, 3.8) is 0 Å². The molecule has 1 amide bonds. The predicted octanol–water partition coefficient (Wildman–Crippen LogP) is 8.65. The first kappa shape index (κ1) is 44.5. The molecule has 2 atom stereocenters. The largest absolute Gasteiger partial charge is 0.474 e. The maximum absolute atomic E-state index is 14.3. The summed E-state index contributed by atoms with van der Waals surface area (Å²) in [6, 6.07) is 22.9. The van der Waals surface area contributed by atoms with E-state index in [1.165, 1.54) is 36.1 Å². The van der Waals surface area contributed by atoms with Crippen LogP contribution in [0.3, 0.4) is 0 Å². The van der Waals surface area contributed by atoms with Crippen LogP contribution in [-0.4, -0.2) is 91.2 Å². The number of fused-ring (bicyclic) bond motifs is 2. The van der Waals surface area contributed by atoms with Crippen molar-refractivity contribution < 1.29 is 28.0 Å². The second kappa shape index (κ2) is 18.3. The SMILES string of the molecule is CCCC[C@H](CCO)CNc1ccc(S(=O)(=O)NC(=O)c2ccc(N3CC4(CC(N5CCC[C@H]5c5ccccc5C(C)C)C4)C3)cc2N2CCOc3nc4[nH]ccc4cc32)cc1[N+](=O)[O-]. The molecule has 4 N–H and O–H groups in total. The van der Waals surface area contributed by atoms with Gasteiger partial charge in [0.25, 0.3) is 21.6 Å². The van der Waals surface area contributed by atoms with E-state index < -0.39 is 31.4 Å². The van der Waals surface area contributed by atoms with Crippen LogP contribution >= 0.6 is 0 Å². The van der Waals surface area contributed by atoms with Crippen LogP contribution in [0.5, 0.6) is 5.88 Å². The van der Waals surface area contributed by atoms with Crippen molar-refractivity contribution in [3.05, 3.63) is 106 Å². The maximum atomic E-state index is 14.3. The van der Waals surface area contributed by atoms with E-state index in [1.807, 2.05) is 29.2 Å². The van der Waals surface area contributed by atoms with Crippen molar-refractivity contribution in [1.29, 1.82) is 0 Å². The van der Waals surface area contributed by atoms with Gasteiger partial charge in [0.05, 0.1) is 27.6 Å². The minimum absolute atomic E-state index is 0.000861. The number of hydrogen-bond donors (Lipinski definition) is 4. The summed E-state index contributed by atoms with van der Waals surface area (Å²) >= 11 is 0. The molecule has 0 bridgehead atoms. The third kappa shape index (κ3) is 8.87. The molecule has 2 saturated heterocycles. The lowest BCUT2D eigenvalue weighted by atomic mass is 9.60. The number of nitro benzene ring substituents is 1. The normalized spacial score (nSPS) is 18.9. The number of aromatic nitrogens is 2. The second-order valence-corrected chi connectivity index (χ2v) is 20.5. The molecular weight excluding hydrogens is 845 g/mol. The summed E-state index contributed by atoms with van der Waals surface area (Å²) in [5.41, 5.74) is 5.73. The number of ether oxygens (including phenoxy) is 1. The molecule has 1 saturated carbocycles. The number of nitro groups is 1. The monoisotopic (exact) mass is 904 g/mol. The van der Waals surface area contributed by atoms with Gasteiger partial charge in [0.15, 0.2) is 0 Å². The van der Waals surface area contributed by atoms with Gasteiger partial charge < -0.3 is 29.9 Å². The number of carbonyl (C=O) groups is 1. The molecular formula is C49H60N8O7S. The number of carbonyl (C=O) groups excluding carboxylic acids is 1. The van der Waals surface area contributed by atoms with Gasteiger partial charge in [-0.05, 0) is 110 Å². The molecule has 3 aliphatic heterocycles. The fourth-order valence-electron chi connectivity index (χ4n) is 10.8. The van der Waals surface area contributed by atoms with Gasteiger partial charge in [0.2, 0.25) is 5.88 Å². The topological polar surface area (TPSA) is 186 Å². The summed E-state index contributed by atoms with van der Waals surface area (Å²) in [6.45, 7) is 10.6. The molecule has 0 unspecified atom stereocenters. The summed E-state index contributed by atoms with van der Waals surface area (Å²) in [4.78, 5) is 40.4. The number of unbranched alkanes of at least 4 members (excludes halogenated alkanes) is 1. The molecule has 1 aliphatic carbocycles. The number of nitrogens with zero attached hydrogens (tertiary/aromatic N) is 5. The van der Waals surface area contributed by atoms with Crippen LogP contribution in [0.4, 0.5) is 28.4 Å². The quantitative estimate of drug-likeness (QED) is 0.0515. The Kier molecular flexibility index (Phi) is 12.5. The number of hydrogen-bond acceptors (Lipinski definition) is 12. The Morgan fingerprint density at radius 2 is 1.86 bits per heavy atom. The van der Waals surface area contributed by atoms with Crippen LogP contribution in [-0.2, 0) is 10.0 Å². The predicted molar refractivity (Wildman–Crippen MR) is 253 cm³/mol. The van der Waals surface area contributed by atoms with Crippen molar-refractivity contribution in [2.45, 2.75) is 95.0 Å². The number of rotatable bonds is 17. The van der Waals surface area contributed by atoms with Gasteiger partial charge in [-0.1, -0.05) is 57.9 Å². The van der Waals surface area contributed by atoms with Gasteiger partial charge in [0.1, 0.15) is 23.6 Å². The Morgan fingerprint density at radius 1 is 1.05 bits per heavy atom. The Morgan fingerprint density at radius 3 is 2.63 bits per heavy atom. The standard InChI is InChI=1S/C49H60N8O7S/c1-4-5-9-33(18-22-58)29-51-41-16-14-37(26-44(41)57(60)61)65(62,63)53-47(59)40-15-13-35(25-43(40)56-21-23-64-48-45(56)24-34-17-19-50-46(34)52-48)54-30-49(31-54)27-36(28-49)55-20-8-12-42(55)39-11-7-6-10-38(39)32(2)3/h6-7,10-11,13-17,19,24-26,32-33,36,42,51,58H,4-5,8-9,12,18,20-23,27-31H2,1-3H3,(H,50,52)(H,53,59)/t33-,42+/m1/s1. The molecule has 5 aromatic rings. The van der Waals surface area contributed by atoms with Crippen LogP contribution in [0.25, 0.3) is 11.0 Å². The highest BCUT2D eigenvalue weighted by Gasteiger charge is 2.55. The average Bonchev–Trinajstić information content (AvgIpc) is 3.95. The number of benzene rings is 3. The van der Waals surface area contributed by atoms with Crippen LogP contribution in [0.2, 0.25) is 0 Å². The summed E-state index contributed by atoms with van der Waals surface area (Å²) in [6.07, 6.45) is 9.80. The number of aromatic amines is 1. The third-order valence-electron chi connectivity index (χ3n) is 14.1. The molecule has 65 heavy (non-hydrogen) atoms. The number of aliphatic hydroxyl groups excluding tert-OH is 1. The zero-order valence-corrected chi connectivity index (χ0v) is 38.3. The minimum atomic E-state index is -4.57.